The fraction of sp³-hybridized carbons (Fsp3) is 0. The van der Waals surface area contributed by atoms with Crippen LogP contribution in [0.3, 0.4) is 0 Å². The second-order valence-electron chi connectivity index (χ2n) is 22.0. The minimum atomic E-state index is 0.0558. The molecule has 0 unspecified atom stereocenters. The first kappa shape index (κ1) is 42.5. The molecule has 14 aromatic carbocycles. The number of fused-ring (bicyclic) bond motifs is 10. The summed E-state index contributed by atoms with van der Waals surface area (Å²) in [6.45, 7) is 0.112. The van der Waals surface area contributed by atoms with E-state index >= 15 is 0 Å². The van der Waals surface area contributed by atoms with Gasteiger partial charge < -0.3 is 0 Å². The van der Waals surface area contributed by atoms with Gasteiger partial charge in [-0.2, -0.15) is 0 Å². The summed E-state index contributed by atoms with van der Waals surface area (Å²) in [6, 6.07) is 102. The van der Waals surface area contributed by atoms with Crippen molar-refractivity contribution >= 4 is 78.5 Å². The zero-order valence-corrected chi connectivity index (χ0v) is 42.6. The van der Waals surface area contributed by atoms with Gasteiger partial charge in [-0.05, 0) is 180 Å². The summed E-state index contributed by atoms with van der Waals surface area (Å²) in [6.07, 6.45) is 0. The molecule has 0 spiro atoms. The molecule has 14 aromatic rings. The van der Waals surface area contributed by atoms with E-state index in [0.717, 1.165) is 0 Å². The van der Waals surface area contributed by atoms with E-state index in [1.165, 1.54) is 176 Å². The summed E-state index contributed by atoms with van der Waals surface area (Å²) in [5, 5.41) is 8.13. The molecule has 2 heteroatoms. The highest BCUT2D eigenvalue weighted by atomic mass is 14.4. The highest BCUT2D eigenvalue weighted by Gasteiger charge is 2.45. The normalized spacial score (nSPS) is 12.8. The summed E-state index contributed by atoms with van der Waals surface area (Å²) < 4.78 is 0. The number of benzene rings is 14. The Balaban J connectivity index is 1.08. The Morgan fingerprint density at radius 3 is 0.859 bits per heavy atom. The van der Waals surface area contributed by atoms with Crippen LogP contribution in [0.15, 0.2) is 267 Å². The van der Waals surface area contributed by atoms with Crippen LogP contribution in [0, 0.1) is 0 Å². The molecule has 0 aromatic heterocycles. The van der Waals surface area contributed by atoms with E-state index < -0.39 is 0 Å². The Morgan fingerprint density at radius 1 is 0.167 bits per heavy atom. The lowest BCUT2D eigenvalue weighted by Gasteiger charge is -2.33. The van der Waals surface area contributed by atoms with Crippen molar-refractivity contribution in [2.24, 2.45) is 0 Å². The van der Waals surface area contributed by atoms with Crippen LogP contribution < -0.4 is 32.8 Å². The molecule has 0 bridgehead atoms. The Labute approximate surface area is 454 Å². The fourth-order valence-electron chi connectivity index (χ4n) is 15.1. The van der Waals surface area contributed by atoms with Gasteiger partial charge in [0.05, 0.1) is 0 Å². The van der Waals surface area contributed by atoms with E-state index in [1.54, 1.807) is 0 Å². The van der Waals surface area contributed by atoms with E-state index in [1.807, 2.05) is 0 Å². The first-order chi connectivity index (χ1) is 38.7. The van der Waals surface area contributed by atoms with Crippen LogP contribution in [-0.4, -0.2) is 13.4 Å². The maximum atomic E-state index is 2.68. The molecule has 4 aliphatic rings. The van der Waals surface area contributed by atoms with Crippen molar-refractivity contribution in [1.82, 2.24) is 0 Å². The van der Waals surface area contributed by atoms with Crippen LogP contribution in [0.2, 0.25) is 0 Å². The summed E-state index contributed by atoms with van der Waals surface area (Å²) in [7, 11) is 0. The monoisotopic (exact) mass is 978 g/mol. The van der Waals surface area contributed by atoms with Gasteiger partial charge in [0.1, 0.15) is 0 Å². The average molecular weight is 979 g/mol. The van der Waals surface area contributed by atoms with Crippen molar-refractivity contribution in [1.29, 1.82) is 0 Å². The van der Waals surface area contributed by atoms with Crippen LogP contribution >= 0.6 is 0 Å². The van der Waals surface area contributed by atoms with Crippen molar-refractivity contribution in [3.63, 3.8) is 0 Å². The molecule has 354 valence electrons. The lowest BCUT2D eigenvalue weighted by atomic mass is 9.34. The largest absolute Gasteiger partial charge is 0.244 e. The molecule has 0 atom stereocenters. The highest BCUT2D eigenvalue weighted by Crippen LogP contribution is 2.53. The molecule has 0 saturated heterocycles. The summed E-state index contributed by atoms with van der Waals surface area (Å²) in [5.74, 6) is 0. The zero-order valence-electron chi connectivity index (χ0n) is 42.6. The molecule has 0 radical (unpaired) electrons. The SMILES string of the molecule is c1ccc(-c2cc3c4c(c2)-c2cc(-c5ccccc5-c5ccccc5)c5cc6c7c(cc(-c8ccccc8-c8ccccc8)c8cc(c2c5c87)B4c2ccccc2-3)-c2cc(-c3ccccc3)cc3c2B6c2ccccc2-3)cc1. The van der Waals surface area contributed by atoms with E-state index in [4.69, 9.17) is 0 Å². The fourth-order valence-corrected chi connectivity index (χ4v) is 15.1. The van der Waals surface area contributed by atoms with Crippen LogP contribution in [0.4, 0.5) is 0 Å². The van der Waals surface area contributed by atoms with Crippen molar-refractivity contribution in [2.75, 3.05) is 0 Å². The lowest BCUT2D eigenvalue weighted by Crippen LogP contribution is -2.53. The molecule has 0 saturated carbocycles. The van der Waals surface area contributed by atoms with Crippen molar-refractivity contribution in [3.05, 3.63) is 267 Å². The maximum absolute atomic E-state index is 2.68. The van der Waals surface area contributed by atoms with Gasteiger partial charge in [-0.3, -0.25) is 0 Å². The van der Waals surface area contributed by atoms with Gasteiger partial charge in [-0.1, -0.05) is 263 Å². The van der Waals surface area contributed by atoms with E-state index in [9.17, 15) is 0 Å². The standard InChI is InChI=1S/C76H44B2/c1-5-21-45(22-6-1)49-37-63-55-33-17-19-35-67(55)77-69-43-62-58(54-32-16-14-30-52(54)48-27-11-4-12-28-48)42-60-66-40-50(46-23-7-2-8-24-46)38-64-56-34-18-20-36-68(56)78(76(64)66)70-44-61-57(53-31-15-13-29-51(53)47-25-9-3-10-26-47)41-59(65(39-49)75(63)77)71(69)73(61)74(62)72(60)70/h1-44H. The molecule has 4 heterocycles. The minimum Gasteiger partial charge on any atom is -0.0664 e. The number of rotatable bonds is 6. The Morgan fingerprint density at radius 2 is 0.474 bits per heavy atom. The third-order valence-corrected chi connectivity index (χ3v) is 18.2. The lowest BCUT2D eigenvalue weighted by molar-refractivity contribution is 1.59. The molecular weight excluding hydrogens is 934 g/mol. The highest BCUT2D eigenvalue weighted by molar-refractivity contribution is 7.03. The van der Waals surface area contributed by atoms with Gasteiger partial charge in [0.25, 0.3) is 0 Å². The smallest absolute Gasteiger partial charge is 0.0664 e. The quantitative estimate of drug-likeness (QED) is 0.115. The van der Waals surface area contributed by atoms with Gasteiger partial charge in [0.2, 0.25) is 13.4 Å². The minimum absolute atomic E-state index is 0.0558. The van der Waals surface area contributed by atoms with Gasteiger partial charge in [-0.25, -0.2) is 0 Å². The van der Waals surface area contributed by atoms with Crippen molar-refractivity contribution in [3.8, 4) is 111 Å². The van der Waals surface area contributed by atoms with Crippen molar-refractivity contribution in [2.45, 2.75) is 0 Å². The molecule has 4 aliphatic heterocycles. The molecule has 18 rings (SSSR count). The number of hydrogen-bond donors (Lipinski definition) is 0. The summed E-state index contributed by atoms with van der Waals surface area (Å²) in [4.78, 5) is 0. The van der Waals surface area contributed by atoms with Crippen LogP contribution in [-0.2, 0) is 0 Å². The summed E-state index contributed by atoms with van der Waals surface area (Å²) in [5.41, 5.74) is 34.0. The molecule has 0 nitrogen and oxygen atoms in total. The molecule has 0 amide bonds. The van der Waals surface area contributed by atoms with Gasteiger partial charge in [0.15, 0.2) is 0 Å². The van der Waals surface area contributed by atoms with Crippen molar-refractivity contribution < 1.29 is 0 Å². The number of hydrogen-bond acceptors (Lipinski definition) is 0. The van der Waals surface area contributed by atoms with Gasteiger partial charge in [0, 0.05) is 0 Å². The maximum Gasteiger partial charge on any atom is 0.244 e. The molecule has 0 aliphatic carbocycles. The Kier molecular flexibility index (Phi) is 8.66. The first-order valence-corrected chi connectivity index (χ1v) is 27.6. The topological polar surface area (TPSA) is 0 Å². The van der Waals surface area contributed by atoms with E-state index in [0.29, 0.717) is 0 Å². The predicted octanol–water partition coefficient (Wildman–Crippen LogP) is 15.5. The second kappa shape index (κ2) is 15.9. The Bertz CT molecular complexity index is 4570. The first-order valence-electron chi connectivity index (χ1n) is 27.6. The molecule has 0 fully saturated rings. The van der Waals surface area contributed by atoms with E-state index in [-0.39, 0.29) is 13.4 Å². The Hall–Kier alpha value is -9.75. The van der Waals surface area contributed by atoms with Gasteiger partial charge >= 0.3 is 0 Å². The third kappa shape index (κ3) is 5.71. The predicted molar refractivity (Wildman–Crippen MR) is 334 cm³/mol. The third-order valence-electron chi connectivity index (χ3n) is 18.2. The summed E-state index contributed by atoms with van der Waals surface area (Å²) >= 11 is 0. The van der Waals surface area contributed by atoms with E-state index in [2.05, 4.69) is 267 Å². The van der Waals surface area contributed by atoms with Gasteiger partial charge in [-0.15, -0.1) is 0 Å². The molecule has 0 N–H and O–H groups in total. The molecular formula is C76H44B2. The van der Waals surface area contributed by atoms with Crippen LogP contribution in [0.25, 0.3) is 144 Å². The van der Waals surface area contributed by atoms with Crippen LogP contribution in [0.5, 0.6) is 0 Å². The zero-order chi connectivity index (χ0) is 50.7. The van der Waals surface area contributed by atoms with Crippen LogP contribution in [0.1, 0.15) is 0 Å². The second-order valence-corrected chi connectivity index (χ2v) is 22.0. The average Bonchev–Trinajstić information content (AvgIpc) is 4.07. The molecule has 78 heavy (non-hydrogen) atoms.